The van der Waals surface area contributed by atoms with Crippen molar-refractivity contribution in [3.8, 4) is 0 Å². The summed E-state index contributed by atoms with van der Waals surface area (Å²) in [7, 11) is 0. The van der Waals surface area contributed by atoms with Crippen molar-refractivity contribution in [1.82, 2.24) is 0 Å². The Bertz CT molecular complexity index is 233. The Morgan fingerprint density at radius 2 is 1.92 bits per heavy atom. The lowest BCUT2D eigenvalue weighted by Gasteiger charge is -2.27. The minimum atomic E-state index is -0.415. The minimum absolute atomic E-state index is 0.399. The topological polar surface area (TPSA) is 47.6 Å². The van der Waals surface area contributed by atoms with Crippen LogP contribution in [0.15, 0.2) is 4.99 Å². The lowest BCUT2D eigenvalue weighted by Crippen LogP contribution is -2.38. The van der Waals surface area contributed by atoms with Crippen molar-refractivity contribution in [3.63, 3.8) is 0 Å². The molecule has 0 saturated heterocycles. The minimum Gasteiger partial charge on any atom is -0.385 e. The molecule has 3 heteroatoms. The van der Waals surface area contributed by atoms with Crippen LogP contribution in [0, 0.1) is 5.92 Å². The van der Waals surface area contributed by atoms with Gasteiger partial charge in [-0.2, -0.15) is 0 Å². The molecule has 3 nitrogen and oxygen atoms in total. The molecule has 0 aliphatic carbocycles. The van der Waals surface area contributed by atoms with E-state index in [0.29, 0.717) is 11.8 Å². The maximum absolute atomic E-state index is 5.83. The van der Waals surface area contributed by atoms with Crippen LogP contribution in [0.3, 0.4) is 0 Å². The molecule has 0 bridgehead atoms. The highest BCUT2D eigenvalue weighted by Crippen LogP contribution is 2.34. The fourth-order valence-corrected chi connectivity index (χ4v) is 1.86. The standard InChI is InChI=1S/C10H20N2O/c1-7(2)6-10(5)12-8(11)9(3,4)13-10/h7H,6H2,1-5H3,(H2,11,12). The number of nitrogens with two attached hydrogens (primary N) is 1. The smallest absolute Gasteiger partial charge is 0.159 e. The van der Waals surface area contributed by atoms with E-state index in [2.05, 4.69) is 18.8 Å². The average Bonchev–Trinajstić information content (AvgIpc) is 1.98. The molecule has 1 aliphatic heterocycles. The SMILES string of the molecule is CC(C)CC1(C)N=C(N)C(C)(C)O1. The Labute approximate surface area is 80.4 Å². The van der Waals surface area contributed by atoms with Gasteiger partial charge in [0.1, 0.15) is 11.4 Å². The van der Waals surface area contributed by atoms with Crippen molar-refractivity contribution in [1.29, 1.82) is 0 Å². The first kappa shape index (κ1) is 10.5. The van der Waals surface area contributed by atoms with Crippen molar-refractivity contribution in [2.45, 2.75) is 52.4 Å². The molecule has 1 aliphatic rings. The van der Waals surface area contributed by atoms with Gasteiger partial charge in [0.2, 0.25) is 0 Å². The second-order valence-electron chi connectivity index (χ2n) is 4.88. The molecule has 0 aromatic rings. The van der Waals surface area contributed by atoms with E-state index in [0.717, 1.165) is 6.42 Å². The van der Waals surface area contributed by atoms with Gasteiger partial charge in [0.25, 0.3) is 0 Å². The van der Waals surface area contributed by atoms with E-state index in [1.165, 1.54) is 0 Å². The molecule has 0 saturated carbocycles. The Morgan fingerprint density at radius 3 is 2.23 bits per heavy atom. The van der Waals surface area contributed by atoms with Crippen LogP contribution in [0.1, 0.15) is 41.0 Å². The summed E-state index contributed by atoms with van der Waals surface area (Å²) in [6.45, 7) is 10.2. The van der Waals surface area contributed by atoms with Gasteiger partial charge in [-0.25, -0.2) is 4.99 Å². The molecule has 0 spiro atoms. The predicted molar refractivity (Wildman–Crippen MR) is 54.6 cm³/mol. The molecule has 0 aromatic carbocycles. The molecular formula is C10H20N2O. The summed E-state index contributed by atoms with van der Waals surface area (Å²) in [5.41, 5.74) is 4.97. The first-order valence-corrected chi connectivity index (χ1v) is 4.81. The third-order valence-electron chi connectivity index (χ3n) is 2.24. The highest BCUT2D eigenvalue weighted by molar-refractivity contribution is 5.89. The van der Waals surface area contributed by atoms with E-state index in [1.54, 1.807) is 0 Å². The predicted octanol–water partition coefficient (Wildman–Crippen LogP) is 1.91. The quantitative estimate of drug-likeness (QED) is 0.712. The summed E-state index contributed by atoms with van der Waals surface area (Å²) >= 11 is 0. The van der Waals surface area contributed by atoms with Crippen LogP contribution in [0.4, 0.5) is 0 Å². The van der Waals surface area contributed by atoms with Crippen molar-refractivity contribution in [2.75, 3.05) is 0 Å². The Morgan fingerprint density at radius 1 is 1.38 bits per heavy atom. The normalized spacial score (nSPS) is 32.3. The summed E-state index contributed by atoms with van der Waals surface area (Å²) in [5, 5.41) is 0. The molecule has 76 valence electrons. The zero-order valence-corrected chi connectivity index (χ0v) is 9.22. The van der Waals surface area contributed by atoms with Gasteiger partial charge in [-0.1, -0.05) is 13.8 Å². The zero-order chi connectivity index (χ0) is 10.3. The monoisotopic (exact) mass is 184 g/mol. The maximum atomic E-state index is 5.83. The first-order chi connectivity index (χ1) is 5.75. The van der Waals surface area contributed by atoms with Crippen molar-refractivity contribution in [2.24, 2.45) is 16.6 Å². The molecule has 0 aromatic heterocycles. The van der Waals surface area contributed by atoms with E-state index >= 15 is 0 Å². The van der Waals surface area contributed by atoms with Crippen LogP contribution >= 0.6 is 0 Å². The van der Waals surface area contributed by atoms with Gasteiger partial charge < -0.3 is 10.5 Å². The fourth-order valence-electron chi connectivity index (χ4n) is 1.86. The van der Waals surface area contributed by atoms with Crippen molar-refractivity contribution in [3.05, 3.63) is 0 Å². The van der Waals surface area contributed by atoms with Gasteiger partial charge in [-0.15, -0.1) is 0 Å². The third-order valence-corrected chi connectivity index (χ3v) is 2.24. The largest absolute Gasteiger partial charge is 0.385 e. The lowest BCUT2D eigenvalue weighted by atomic mass is 10.0. The number of hydrogen-bond donors (Lipinski definition) is 1. The molecule has 0 fully saturated rings. The van der Waals surface area contributed by atoms with Crippen LogP contribution in [0.5, 0.6) is 0 Å². The first-order valence-electron chi connectivity index (χ1n) is 4.81. The highest BCUT2D eigenvalue weighted by atomic mass is 16.5. The Hall–Kier alpha value is -0.570. The van der Waals surface area contributed by atoms with Gasteiger partial charge >= 0.3 is 0 Å². The van der Waals surface area contributed by atoms with Crippen LogP contribution < -0.4 is 5.73 Å². The van der Waals surface area contributed by atoms with E-state index in [1.807, 2.05) is 20.8 Å². The zero-order valence-electron chi connectivity index (χ0n) is 9.22. The van der Waals surface area contributed by atoms with Gasteiger partial charge in [0.15, 0.2) is 5.72 Å². The number of ether oxygens (including phenoxy) is 1. The second-order valence-corrected chi connectivity index (χ2v) is 4.88. The van der Waals surface area contributed by atoms with Gasteiger partial charge in [-0.05, 0) is 33.1 Å². The third kappa shape index (κ3) is 2.21. The summed E-state index contributed by atoms with van der Waals surface area (Å²) in [6.07, 6.45) is 0.914. The highest BCUT2D eigenvalue weighted by Gasteiger charge is 2.42. The number of rotatable bonds is 2. The Balaban J connectivity index is 2.77. The van der Waals surface area contributed by atoms with Crippen molar-refractivity contribution >= 4 is 5.84 Å². The molecular weight excluding hydrogens is 164 g/mol. The summed E-state index contributed by atoms with van der Waals surface area (Å²) in [6, 6.07) is 0. The fraction of sp³-hybridized carbons (Fsp3) is 0.900. The molecule has 1 unspecified atom stereocenters. The van der Waals surface area contributed by atoms with E-state index in [9.17, 15) is 0 Å². The molecule has 1 heterocycles. The maximum Gasteiger partial charge on any atom is 0.159 e. The van der Waals surface area contributed by atoms with Crippen LogP contribution in [-0.2, 0) is 4.74 Å². The average molecular weight is 184 g/mol. The molecule has 0 radical (unpaired) electrons. The molecule has 13 heavy (non-hydrogen) atoms. The van der Waals surface area contributed by atoms with E-state index in [-0.39, 0.29) is 0 Å². The van der Waals surface area contributed by atoms with Gasteiger partial charge in [-0.3, -0.25) is 0 Å². The number of hydrogen-bond acceptors (Lipinski definition) is 3. The van der Waals surface area contributed by atoms with Gasteiger partial charge in [0.05, 0.1) is 0 Å². The molecule has 2 N–H and O–H groups in total. The number of aliphatic imine (C=N–C) groups is 1. The van der Waals surface area contributed by atoms with E-state index in [4.69, 9.17) is 10.5 Å². The lowest BCUT2D eigenvalue weighted by molar-refractivity contribution is -0.0809. The summed E-state index contributed by atoms with van der Waals surface area (Å²) < 4.78 is 5.83. The van der Waals surface area contributed by atoms with Crippen molar-refractivity contribution < 1.29 is 4.74 Å². The molecule has 1 atom stereocenters. The van der Waals surface area contributed by atoms with Gasteiger partial charge in [0, 0.05) is 0 Å². The Kier molecular flexibility index (Phi) is 2.41. The number of amidine groups is 1. The molecule has 0 amide bonds. The molecule has 1 rings (SSSR count). The van der Waals surface area contributed by atoms with E-state index < -0.39 is 11.3 Å². The van der Waals surface area contributed by atoms with Crippen LogP contribution in [0.25, 0.3) is 0 Å². The van der Waals surface area contributed by atoms with Crippen LogP contribution in [0.2, 0.25) is 0 Å². The number of nitrogens with zero attached hydrogens (tertiary/aromatic N) is 1. The van der Waals surface area contributed by atoms with Crippen LogP contribution in [-0.4, -0.2) is 17.2 Å². The summed E-state index contributed by atoms with van der Waals surface area (Å²) in [4.78, 5) is 4.39. The second kappa shape index (κ2) is 2.98. The summed E-state index contributed by atoms with van der Waals surface area (Å²) in [5.74, 6) is 1.17.